The summed E-state index contributed by atoms with van der Waals surface area (Å²) in [6.45, 7) is 8.13. The molecule has 4 rings (SSSR count). The Bertz CT molecular complexity index is 2770. The van der Waals surface area contributed by atoms with Crippen LogP contribution < -0.4 is 54.6 Å². The second-order valence-electron chi connectivity index (χ2n) is 21.3. The molecule has 2 fully saturated rings. The Morgan fingerprint density at radius 2 is 1.40 bits per heavy atom. The molecule has 31 nitrogen and oxygen atoms in total. The van der Waals surface area contributed by atoms with Crippen molar-refractivity contribution in [3.05, 3.63) is 78.9 Å². The number of nitrogens with two attached hydrogens (primary N) is 2. The number of aryl methyl sites for hydroxylation is 1. The number of hydrogen-bond donors (Lipinski definition) is 13. The van der Waals surface area contributed by atoms with Crippen molar-refractivity contribution in [1.82, 2.24) is 46.4 Å². The Kier molecular flexibility index (Phi) is 29.2. The van der Waals surface area contributed by atoms with Gasteiger partial charge in [0.25, 0.3) is 5.56 Å². The van der Waals surface area contributed by atoms with Gasteiger partial charge in [-0.3, -0.25) is 57.5 Å². The number of H-pyrrole nitrogens is 1. The molecule has 0 bridgehead atoms. The summed E-state index contributed by atoms with van der Waals surface area (Å²) in [5.74, 6) is -9.96. The minimum absolute atomic E-state index is 0.00145. The second kappa shape index (κ2) is 35.0. The van der Waals surface area contributed by atoms with Gasteiger partial charge in [0.2, 0.25) is 41.4 Å². The topological polar surface area (TPSA) is 492 Å². The van der Waals surface area contributed by atoms with Crippen LogP contribution in [0.2, 0.25) is 0 Å². The number of unbranched alkanes of at least 4 members (excludes halogenated alkanes) is 1. The van der Waals surface area contributed by atoms with E-state index < -0.39 is 157 Å². The molecule has 7 amide bonds. The number of aliphatic carboxylic acids is 3. The molecule has 1 aromatic heterocycles. The number of carboxylic acid groups (broad SMARTS) is 3. The number of benzene rings is 1. The highest BCUT2D eigenvalue weighted by molar-refractivity contribution is 5.98. The van der Waals surface area contributed by atoms with Gasteiger partial charge < -0.3 is 73.4 Å². The molecule has 31 heteroatoms. The number of carbonyl (C=O) groups is 10. The number of carbonyl (C=O) groups excluding carboxylic acids is 7. The molecule has 0 aliphatic carbocycles. The first-order chi connectivity index (χ1) is 39.7. The molecule has 2 aliphatic rings. The van der Waals surface area contributed by atoms with E-state index >= 15 is 0 Å². The van der Waals surface area contributed by atoms with Crippen molar-refractivity contribution in [3.8, 4) is 0 Å². The Morgan fingerprint density at radius 3 is 1.99 bits per heavy atom. The Morgan fingerprint density at radius 1 is 0.798 bits per heavy atom. The van der Waals surface area contributed by atoms with Crippen molar-refractivity contribution in [2.45, 2.75) is 172 Å². The SMILES string of the molecule is CC(C)C[C@H](NC(=O)[C@H](Cc1ccccc1)NC(=O)[C@H](CCCCN)NC(=O)[C@@H]1CCCN1C(=O)CNC(=O)[C@H](CC(=O)O)NC(=O)[C@H](CCC(=O)O)NC(=O)[C@@H](N)CC(C)C)C(=O)O.Cc1cn([C@H]2C[C@H](N=[N+]=[N-])[C@@H](CO)O2)c(=O)[nH]c1=O. The number of likely N-dealkylation sites (tertiary alicyclic amines) is 1. The van der Waals surface area contributed by atoms with E-state index in [1.807, 2.05) is 13.8 Å². The summed E-state index contributed by atoms with van der Waals surface area (Å²) in [6.07, 6.45) is 0.301. The van der Waals surface area contributed by atoms with Gasteiger partial charge in [-0.15, -0.1) is 0 Å². The van der Waals surface area contributed by atoms with Crippen LogP contribution in [0.5, 0.6) is 0 Å². The highest BCUT2D eigenvalue weighted by Gasteiger charge is 2.39. The normalized spacial score (nSPS) is 18.5. The number of aliphatic hydroxyl groups excluding tert-OH is 1. The van der Waals surface area contributed by atoms with E-state index in [9.17, 15) is 72.9 Å². The quantitative estimate of drug-likeness (QED) is 0.0172. The van der Waals surface area contributed by atoms with Crippen LogP contribution >= 0.6 is 0 Å². The van der Waals surface area contributed by atoms with Crippen LogP contribution in [-0.2, 0) is 59.1 Å². The van der Waals surface area contributed by atoms with E-state index in [2.05, 4.69) is 46.9 Å². The van der Waals surface area contributed by atoms with Gasteiger partial charge in [-0.2, -0.15) is 0 Å². The van der Waals surface area contributed by atoms with Crippen molar-refractivity contribution >= 4 is 59.3 Å². The maximum Gasteiger partial charge on any atom is 0.330 e. The van der Waals surface area contributed by atoms with Crippen LogP contribution in [-0.4, -0.2) is 175 Å². The third-order valence-corrected chi connectivity index (χ3v) is 13.5. The summed E-state index contributed by atoms with van der Waals surface area (Å²) in [5.41, 5.74) is 20.0. The predicted molar refractivity (Wildman–Crippen MR) is 299 cm³/mol. The maximum absolute atomic E-state index is 13.9. The number of aromatic nitrogens is 2. The number of nitrogens with one attached hydrogen (secondary N) is 7. The van der Waals surface area contributed by atoms with Gasteiger partial charge >= 0.3 is 23.6 Å². The van der Waals surface area contributed by atoms with Gasteiger partial charge in [-0.05, 0) is 87.8 Å². The lowest BCUT2D eigenvalue weighted by Crippen LogP contribution is -2.58. The lowest BCUT2D eigenvalue weighted by molar-refractivity contribution is -0.143. The zero-order valence-electron chi connectivity index (χ0n) is 47.7. The molecule has 0 unspecified atom stereocenters. The Labute approximate surface area is 483 Å². The van der Waals surface area contributed by atoms with Gasteiger partial charge in [0.1, 0.15) is 42.5 Å². The van der Waals surface area contributed by atoms with Crippen molar-refractivity contribution in [2.75, 3.05) is 26.2 Å². The molecule has 2 saturated heterocycles. The molecule has 0 radical (unpaired) electrons. The van der Waals surface area contributed by atoms with Crippen LogP contribution in [0.15, 0.2) is 51.2 Å². The molecular weight excluding hydrogens is 1100 g/mol. The summed E-state index contributed by atoms with van der Waals surface area (Å²) in [5, 5.41) is 55.9. The molecule has 1 aromatic carbocycles. The highest BCUT2D eigenvalue weighted by Crippen LogP contribution is 2.30. The van der Waals surface area contributed by atoms with Crippen molar-refractivity contribution in [2.24, 2.45) is 28.4 Å². The van der Waals surface area contributed by atoms with Gasteiger partial charge in [-0.25, -0.2) is 9.59 Å². The number of rotatable bonds is 32. The summed E-state index contributed by atoms with van der Waals surface area (Å²) in [4.78, 5) is 158. The smallest absolute Gasteiger partial charge is 0.330 e. The monoisotopic (exact) mass is 1180 g/mol. The molecule has 464 valence electrons. The molecule has 84 heavy (non-hydrogen) atoms. The summed E-state index contributed by atoms with van der Waals surface area (Å²) in [7, 11) is 0. The molecule has 2 aliphatic heterocycles. The van der Waals surface area contributed by atoms with Crippen LogP contribution in [0.3, 0.4) is 0 Å². The van der Waals surface area contributed by atoms with Gasteiger partial charge in [0, 0.05) is 42.5 Å². The first-order valence-electron chi connectivity index (χ1n) is 27.6. The summed E-state index contributed by atoms with van der Waals surface area (Å²) in [6, 6.07) is -0.910. The standard InChI is InChI=1S/C43H67N9O13.C10H13N5O4/c1-24(2)19-27(45)37(58)47-29(15-16-35(54)55)40(61)50-31(22-36(56)57)38(59)46-23-34(53)52-18-10-14-33(52)42(63)48-28(13-8-9-17-44)39(60)49-30(21-26-11-6-5-7-12-26)41(62)51-32(43(64)65)20-25(3)4;1-5-3-15(10(18)12-9(5)17)8-2-6(13-14-11)7(4-16)19-8/h5-7,11-12,24-25,27-33H,8-10,13-23,44-45H2,1-4H3,(H,46,59)(H,47,58)(H,48,63)(H,49,60)(H,50,61)(H,51,62)(H,54,55)(H,56,57)(H,64,65);3,6-8,16H,2,4H2,1H3,(H,12,17,18)/t27-,28-,29-,30-,31-,32-,33-;6-,7+,8+/m00/s1. The number of ether oxygens (including phenoxy) is 1. The van der Waals surface area contributed by atoms with E-state index in [-0.39, 0.29) is 70.1 Å². The lowest BCUT2D eigenvalue weighted by Gasteiger charge is -2.28. The number of nitrogens with zero attached hydrogens (tertiary/aromatic N) is 5. The van der Waals surface area contributed by atoms with Gasteiger partial charge in [-0.1, -0.05) is 63.1 Å². The summed E-state index contributed by atoms with van der Waals surface area (Å²) >= 11 is 0. The summed E-state index contributed by atoms with van der Waals surface area (Å²) < 4.78 is 6.69. The highest BCUT2D eigenvalue weighted by atomic mass is 16.5. The van der Waals surface area contributed by atoms with Crippen LogP contribution in [0.1, 0.15) is 116 Å². The largest absolute Gasteiger partial charge is 0.481 e. The zero-order valence-corrected chi connectivity index (χ0v) is 47.7. The van der Waals surface area contributed by atoms with E-state index in [0.29, 0.717) is 30.4 Å². The minimum Gasteiger partial charge on any atom is -0.481 e. The van der Waals surface area contributed by atoms with Crippen LogP contribution in [0.25, 0.3) is 10.4 Å². The average Bonchev–Trinajstić information content (AvgIpc) is 3.88. The van der Waals surface area contributed by atoms with Gasteiger partial charge in [0.05, 0.1) is 37.8 Å². The predicted octanol–water partition coefficient (Wildman–Crippen LogP) is -1.46. The third-order valence-electron chi connectivity index (χ3n) is 13.5. The fourth-order valence-electron chi connectivity index (χ4n) is 9.18. The molecule has 10 atom stereocenters. The van der Waals surface area contributed by atoms with E-state index in [1.54, 1.807) is 51.1 Å². The molecular formula is C53H80N14O17. The van der Waals surface area contributed by atoms with Crippen molar-refractivity contribution in [3.63, 3.8) is 0 Å². The van der Waals surface area contributed by atoms with Crippen LogP contribution in [0, 0.1) is 18.8 Å². The van der Waals surface area contributed by atoms with E-state index in [0.717, 1.165) is 0 Å². The van der Waals surface area contributed by atoms with Crippen molar-refractivity contribution in [1.29, 1.82) is 0 Å². The van der Waals surface area contributed by atoms with Crippen molar-refractivity contribution < 1.29 is 73.1 Å². The number of azide groups is 1. The number of aromatic amines is 1. The molecule has 0 spiro atoms. The molecule has 0 saturated carbocycles. The maximum atomic E-state index is 13.9. The number of hydrogen-bond acceptors (Lipinski definition) is 17. The Balaban J connectivity index is 0.000000813. The second-order valence-corrected chi connectivity index (χ2v) is 21.3. The zero-order chi connectivity index (χ0) is 62.8. The minimum atomic E-state index is -1.77. The fraction of sp³-hybridized carbons (Fsp3) is 0.623. The molecule has 2 aromatic rings. The Hall–Kier alpha value is -8.25. The van der Waals surface area contributed by atoms with E-state index in [4.69, 9.17) is 26.8 Å². The number of carboxylic acids is 3. The molecule has 3 heterocycles. The molecule has 15 N–H and O–H groups in total. The fourth-order valence-corrected chi connectivity index (χ4v) is 9.18. The first-order valence-corrected chi connectivity index (χ1v) is 27.6. The average molecular weight is 1190 g/mol. The number of amides is 7. The third kappa shape index (κ3) is 23.2. The lowest BCUT2D eigenvalue weighted by atomic mass is 10.0. The number of aliphatic hydroxyl groups is 1. The van der Waals surface area contributed by atoms with E-state index in [1.165, 1.54) is 15.7 Å². The van der Waals surface area contributed by atoms with Crippen LogP contribution in [0.4, 0.5) is 0 Å². The van der Waals surface area contributed by atoms with Gasteiger partial charge in [0.15, 0.2) is 0 Å². The first kappa shape index (κ1) is 70.0.